The maximum atomic E-state index is 13.7. The Hall–Kier alpha value is -3.45. The number of carbonyl (C=O) groups excluding carboxylic acids is 2. The molecular formula is C27H30N4O3. The zero-order chi connectivity index (χ0) is 23.5. The highest BCUT2D eigenvalue weighted by molar-refractivity contribution is 6.01. The molecule has 2 amide bonds. The van der Waals surface area contributed by atoms with Crippen molar-refractivity contribution >= 4 is 11.8 Å². The Morgan fingerprint density at radius 2 is 1.97 bits per heavy atom. The zero-order valence-corrected chi connectivity index (χ0v) is 19.4. The third kappa shape index (κ3) is 4.23. The predicted molar refractivity (Wildman–Crippen MR) is 128 cm³/mol. The van der Waals surface area contributed by atoms with E-state index in [1.807, 2.05) is 58.0 Å². The zero-order valence-electron chi connectivity index (χ0n) is 19.4. The van der Waals surface area contributed by atoms with Crippen LogP contribution in [0.4, 0.5) is 0 Å². The molecule has 7 nitrogen and oxygen atoms in total. The summed E-state index contributed by atoms with van der Waals surface area (Å²) in [6.07, 6.45) is 4.37. The lowest BCUT2D eigenvalue weighted by Crippen LogP contribution is -2.33. The molecule has 5 rings (SSSR count). The van der Waals surface area contributed by atoms with Gasteiger partial charge >= 0.3 is 0 Å². The molecule has 7 heteroatoms. The van der Waals surface area contributed by atoms with E-state index in [2.05, 4.69) is 17.2 Å². The van der Waals surface area contributed by atoms with Gasteiger partial charge in [-0.15, -0.1) is 0 Å². The molecule has 0 unspecified atom stereocenters. The summed E-state index contributed by atoms with van der Waals surface area (Å²) in [6, 6.07) is 17.4. The van der Waals surface area contributed by atoms with Crippen molar-refractivity contribution in [1.29, 1.82) is 0 Å². The molecule has 2 aliphatic rings. The monoisotopic (exact) mass is 458 g/mol. The minimum Gasteiger partial charge on any atom is -0.373 e. The number of ether oxygens (including phenoxy) is 1. The molecule has 176 valence electrons. The lowest BCUT2D eigenvalue weighted by atomic mass is 10.0. The van der Waals surface area contributed by atoms with Crippen molar-refractivity contribution in [1.82, 2.24) is 19.8 Å². The molecule has 0 radical (unpaired) electrons. The van der Waals surface area contributed by atoms with Crippen molar-refractivity contribution in [3.63, 3.8) is 0 Å². The van der Waals surface area contributed by atoms with Gasteiger partial charge in [0.05, 0.1) is 42.2 Å². The van der Waals surface area contributed by atoms with Crippen LogP contribution in [-0.4, -0.2) is 39.4 Å². The Kier molecular flexibility index (Phi) is 6.45. The molecule has 1 aromatic carbocycles. The summed E-state index contributed by atoms with van der Waals surface area (Å²) in [5, 5.41) is 3.16. The fraction of sp³-hybridized carbons (Fsp3) is 0.370. The van der Waals surface area contributed by atoms with Gasteiger partial charge in [0.25, 0.3) is 11.8 Å². The number of amides is 2. The van der Waals surface area contributed by atoms with Crippen LogP contribution in [0.15, 0.2) is 60.8 Å². The molecule has 2 aromatic heterocycles. The number of likely N-dealkylation sites (tertiary alicyclic amines) is 1. The number of benzene rings is 1. The Balaban J connectivity index is 1.44. The normalized spacial score (nSPS) is 18.4. The van der Waals surface area contributed by atoms with E-state index in [1.54, 1.807) is 12.3 Å². The average Bonchev–Trinajstić information content (AvgIpc) is 3.53. The second-order valence-corrected chi connectivity index (χ2v) is 8.85. The summed E-state index contributed by atoms with van der Waals surface area (Å²) >= 11 is 0. The minimum absolute atomic E-state index is 0.0421. The predicted octanol–water partition coefficient (Wildman–Crippen LogP) is 4.27. The molecule has 34 heavy (non-hydrogen) atoms. The Morgan fingerprint density at radius 3 is 2.74 bits per heavy atom. The van der Waals surface area contributed by atoms with Crippen LogP contribution < -0.4 is 5.32 Å². The molecule has 4 heterocycles. The number of pyridine rings is 1. The summed E-state index contributed by atoms with van der Waals surface area (Å²) in [6.45, 7) is 4.14. The van der Waals surface area contributed by atoms with Crippen LogP contribution in [0, 0.1) is 0 Å². The number of rotatable bonds is 6. The molecule has 2 aliphatic heterocycles. The van der Waals surface area contributed by atoms with E-state index in [4.69, 9.17) is 4.74 Å². The molecular weight excluding hydrogens is 428 g/mol. The van der Waals surface area contributed by atoms with Gasteiger partial charge in [-0.2, -0.15) is 0 Å². The highest BCUT2D eigenvalue weighted by atomic mass is 16.5. The first-order chi connectivity index (χ1) is 16.7. The second kappa shape index (κ2) is 9.81. The van der Waals surface area contributed by atoms with Crippen LogP contribution in [0.5, 0.6) is 0 Å². The number of aromatic nitrogens is 2. The van der Waals surface area contributed by atoms with Gasteiger partial charge < -0.3 is 19.5 Å². The van der Waals surface area contributed by atoms with Gasteiger partial charge in [-0.3, -0.25) is 14.6 Å². The van der Waals surface area contributed by atoms with Gasteiger partial charge in [-0.25, -0.2) is 0 Å². The van der Waals surface area contributed by atoms with Crippen LogP contribution in [0.1, 0.15) is 76.1 Å². The molecule has 2 atom stereocenters. The highest BCUT2D eigenvalue weighted by Gasteiger charge is 2.35. The Morgan fingerprint density at radius 1 is 1.15 bits per heavy atom. The van der Waals surface area contributed by atoms with E-state index in [0.717, 1.165) is 36.2 Å². The van der Waals surface area contributed by atoms with E-state index in [-0.39, 0.29) is 23.9 Å². The van der Waals surface area contributed by atoms with Crippen molar-refractivity contribution in [3.05, 3.63) is 89.0 Å². The van der Waals surface area contributed by atoms with Crippen LogP contribution >= 0.6 is 0 Å². The molecule has 0 aliphatic carbocycles. The van der Waals surface area contributed by atoms with Gasteiger partial charge in [0.1, 0.15) is 5.69 Å². The summed E-state index contributed by atoms with van der Waals surface area (Å²) in [5.41, 5.74) is 3.82. The van der Waals surface area contributed by atoms with Crippen LogP contribution in [0.3, 0.4) is 0 Å². The molecule has 0 spiro atoms. The van der Waals surface area contributed by atoms with E-state index >= 15 is 0 Å². The molecule has 1 fully saturated rings. The lowest BCUT2D eigenvalue weighted by Gasteiger charge is -2.26. The van der Waals surface area contributed by atoms with Crippen LogP contribution in [0.25, 0.3) is 0 Å². The first-order valence-corrected chi connectivity index (χ1v) is 12.0. The lowest BCUT2D eigenvalue weighted by molar-refractivity contribution is 0.0673. The van der Waals surface area contributed by atoms with Crippen molar-refractivity contribution in [3.8, 4) is 0 Å². The van der Waals surface area contributed by atoms with Crippen LogP contribution in [0.2, 0.25) is 0 Å². The van der Waals surface area contributed by atoms with Crippen LogP contribution in [-0.2, 0) is 17.9 Å². The summed E-state index contributed by atoms with van der Waals surface area (Å²) < 4.78 is 7.65. The largest absolute Gasteiger partial charge is 0.373 e. The summed E-state index contributed by atoms with van der Waals surface area (Å²) in [5.74, 6) is -0.225. The number of nitrogens with zero attached hydrogens (tertiary/aromatic N) is 3. The number of nitrogens with one attached hydrogen (secondary N) is 1. The third-order valence-corrected chi connectivity index (χ3v) is 6.83. The standard InChI is InChI=1S/C27H30N4O3/c1-2-21(19-9-4-3-5-10-19)29-26(32)20-17-24(30-15-16-34-18-25(20)30)27(33)31-14-8-12-23(31)22-11-6-7-13-28-22/h3-7,9-11,13,17,21,23H,2,8,12,14-16,18H2,1H3,(H,29,32)/t21-,23-/m1/s1. The molecule has 1 N–H and O–H groups in total. The van der Waals surface area contributed by atoms with E-state index in [9.17, 15) is 9.59 Å². The number of carbonyl (C=O) groups is 2. The molecule has 0 bridgehead atoms. The SMILES string of the molecule is CC[C@@H](NC(=O)c1cc(C(=O)N2CCC[C@@H]2c2ccccn2)n2c1COCC2)c1ccccc1. The smallest absolute Gasteiger partial charge is 0.271 e. The number of hydrogen-bond donors (Lipinski definition) is 1. The maximum absolute atomic E-state index is 13.7. The van der Waals surface area contributed by atoms with E-state index in [1.165, 1.54) is 0 Å². The van der Waals surface area contributed by atoms with Gasteiger partial charge in [0.2, 0.25) is 0 Å². The van der Waals surface area contributed by atoms with Gasteiger partial charge in [-0.1, -0.05) is 43.3 Å². The third-order valence-electron chi connectivity index (χ3n) is 6.83. The quantitative estimate of drug-likeness (QED) is 0.599. The first-order valence-electron chi connectivity index (χ1n) is 12.0. The molecule has 1 saturated heterocycles. The van der Waals surface area contributed by atoms with Gasteiger partial charge in [-0.05, 0) is 43.0 Å². The number of hydrogen-bond acceptors (Lipinski definition) is 4. The minimum atomic E-state index is -0.174. The van der Waals surface area contributed by atoms with Gasteiger partial charge in [0, 0.05) is 19.3 Å². The van der Waals surface area contributed by atoms with Gasteiger partial charge in [0.15, 0.2) is 0 Å². The average molecular weight is 459 g/mol. The fourth-order valence-corrected chi connectivity index (χ4v) is 5.08. The van der Waals surface area contributed by atoms with E-state index in [0.29, 0.717) is 37.6 Å². The Labute approximate surface area is 199 Å². The first kappa shape index (κ1) is 22.3. The van der Waals surface area contributed by atoms with Crippen molar-refractivity contribution in [2.24, 2.45) is 0 Å². The number of fused-ring (bicyclic) bond motifs is 1. The summed E-state index contributed by atoms with van der Waals surface area (Å²) in [4.78, 5) is 33.5. The Bertz CT molecular complexity index is 1160. The highest BCUT2D eigenvalue weighted by Crippen LogP contribution is 2.33. The molecule has 0 saturated carbocycles. The summed E-state index contributed by atoms with van der Waals surface area (Å²) in [7, 11) is 0. The fourth-order valence-electron chi connectivity index (χ4n) is 5.08. The van der Waals surface area contributed by atoms with Crippen molar-refractivity contribution in [2.45, 2.75) is 51.4 Å². The maximum Gasteiger partial charge on any atom is 0.271 e. The molecule has 3 aromatic rings. The topological polar surface area (TPSA) is 76.5 Å². The van der Waals surface area contributed by atoms with Crippen molar-refractivity contribution < 1.29 is 14.3 Å². The van der Waals surface area contributed by atoms with Crippen molar-refractivity contribution in [2.75, 3.05) is 13.2 Å². The van der Waals surface area contributed by atoms with E-state index < -0.39 is 0 Å². The second-order valence-electron chi connectivity index (χ2n) is 8.85.